The van der Waals surface area contributed by atoms with Crippen molar-refractivity contribution >= 4 is 11.5 Å². The van der Waals surface area contributed by atoms with Crippen LogP contribution in [0.3, 0.4) is 0 Å². The minimum atomic E-state index is 0.0982. The van der Waals surface area contributed by atoms with Crippen LogP contribution in [0, 0.1) is 0 Å². The molecule has 4 heteroatoms. The molecule has 1 spiro atoms. The van der Waals surface area contributed by atoms with Crippen molar-refractivity contribution in [3.05, 3.63) is 54.1 Å². The second-order valence-electron chi connectivity index (χ2n) is 7.00. The van der Waals surface area contributed by atoms with E-state index in [2.05, 4.69) is 63.6 Å². The number of aryl methyl sites for hydroxylation is 1. The van der Waals surface area contributed by atoms with Crippen molar-refractivity contribution in [2.24, 2.45) is 7.05 Å². The van der Waals surface area contributed by atoms with E-state index in [1.54, 1.807) is 0 Å². The van der Waals surface area contributed by atoms with E-state index in [0.717, 1.165) is 12.3 Å². The zero-order chi connectivity index (χ0) is 15.4. The molecule has 0 unspecified atom stereocenters. The summed E-state index contributed by atoms with van der Waals surface area (Å²) in [6, 6.07) is 10.9. The molecule has 1 aliphatic heterocycles. The van der Waals surface area contributed by atoms with Crippen molar-refractivity contribution in [3.63, 3.8) is 0 Å². The van der Waals surface area contributed by atoms with E-state index < -0.39 is 0 Å². The molecule has 0 atom stereocenters. The number of hydrogen-bond donors (Lipinski definition) is 0. The zero-order valence-electron chi connectivity index (χ0n) is 13.6. The van der Waals surface area contributed by atoms with Crippen molar-refractivity contribution in [2.45, 2.75) is 44.2 Å². The molecular weight excluding hydrogens is 284 g/mol. The molecular formula is C19H22N4. The smallest absolute Gasteiger partial charge is 0.214 e. The Balaban J connectivity index is 1.71. The highest BCUT2D eigenvalue weighted by molar-refractivity contribution is 5.58. The molecule has 0 saturated heterocycles. The van der Waals surface area contributed by atoms with E-state index >= 15 is 0 Å². The maximum absolute atomic E-state index is 5.09. The van der Waals surface area contributed by atoms with E-state index in [4.69, 9.17) is 4.98 Å². The van der Waals surface area contributed by atoms with E-state index in [-0.39, 0.29) is 5.54 Å². The summed E-state index contributed by atoms with van der Waals surface area (Å²) in [7, 11) is 2.08. The zero-order valence-corrected chi connectivity index (χ0v) is 13.6. The number of hydrogen-bond acceptors (Lipinski definition) is 2. The third-order valence-corrected chi connectivity index (χ3v) is 5.76. The lowest BCUT2D eigenvalue weighted by Crippen LogP contribution is -2.43. The topological polar surface area (TPSA) is 25.5 Å². The van der Waals surface area contributed by atoms with E-state index in [1.165, 1.54) is 49.2 Å². The number of fused-ring (bicyclic) bond motifs is 4. The SMILES string of the molecule is Cn1ccn2c3c(nc12)C1(CCCCC1)N(c1ccccc1)C3. The van der Waals surface area contributed by atoms with E-state index in [9.17, 15) is 0 Å². The van der Waals surface area contributed by atoms with Crippen LogP contribution in [-0.2, 0) is 19.1 Å². The molecule has 1 fully saturated rings. The molecule has 3 heterocycles. The van der Waals surface area contributed by atoms with Gasteiger partial charge in [-0.15, -0.1) is 0 Å². The fourth-order valence-electron chi connectivity index (χ4n) is 4.63. The van der Waals surface area contributed by atoms with Crippen molar-refractivity contribution in [3.8, 4) is 0 Å². The van der Waals surface area contributed by atoms with Gasteiger partial charge in [0.1, 0.15) is 0 Å². The van der Waals surface area contributed by atoms with Gasteiger partial charge in [0.15, 0.2) is 0 Å². The predicted octanol–water partition coefficient (Wildman–Crippen LogP) is 3.85. The maximum Gasteiger partial charge on any atom is 0.214 e. The van der Waals surface area contributed by atoms with E-state index in [0.29, 0.717) is 0 Å². The number of para-hydroxylation sites is 1. The summed E-state index contributed by atoms with van der Waals surface area (Å²) in [5.74, 6) is 1.08. The second kappa shape index (κ2) is 4.63. The first-order valence-electron chi connectivity index (χ1n) is 8.65. The van der Waals surface area contributed by atoms with Crippen LogP contribution in [-0.4, -0.2) is 14.0 Å². The van der Waals surface area contributed by atoms with E-state index in [1.807, 2.05) is 0 Å². The Morgan fingerprint density at radius 3 is 2.57 bits per heavy atom. The van der Waals surface area contributed by atoms with Crippen LogP contribution in [0.25, 0.3) is 5.78 Å². The first-order valence-corrected chi connectivity index (χ1v) is 8.65. The third-order valence-electron chi connectivity index (χ3n) is 5.76. The Morgan fingerprint density at radius 1 is 1.00 bits per heavy atom. The first-order chi connectivity index (χ1) is 11.3. The van der Waals surface area contributed by atoms with Gasteiger partial charge in [-0.25, -0.2) is 4.98 Å². The molecule has 3 aromatic rings. The fourth-order valence-corrected chi connectivity index (χ4v) is 4.63. The molecule has 118 valence electrons. The number of anilines is 1. The van der Waals surface area contributed by atoms with Crippen molar-refractivity contribution in [2.75, 3.05) is 4.90 Å². The molecule has 23 heavy (non-hydrogen) atoms. The number of aromatic nitrogens is 3. The second-order valence-corrected chi connectivity index (χ2v) is 7.00. The summed E-state index contributed by atoms with van der Waals surface area (Å²) in [5, 5.41) is 0. The summed E-state index contributed by atoms with van der Waals surface area (Å²) >= 11 is 0. The van der Waals surface area contributed by atoms with Crippen molar-refractivity contribution in [1.29, 1.82) is 0 Å². The minimum Gasteiger partial charge on any atom is -0.354 e. The Hall–Kier alpha value is -2.23. The average molecular weight is 306 g/mol. The lowest BCUT2D eigenvalue weighted by Gasteiger charge is -2.42. The minimum absolute atomic E-state index is 0.0982. The van der Waals surface area contributed by atoms with Crippen LogP contribution in [0.4, 0.5) is 5.69 Å². The van der Waals surface area contributed by atoms with Crippen LogP contribution in [0.5, 0.6) is 0 Å². The van der Waals surface area contributed by atoms with Gasteiger partial charge >= 0.3 is 0 Å². The van der Waals surface area contributed by atoms with Gasteiger partial charge < -0.3 is 9.47 Å². The molecule has 0 amide bonds. The van der Waals surface area contributed by atoms with Gasteiger partial charge in [0.25, 0.3) is 0 Å². The number of benzene rings is 1. The third kappa shape index (κ3) is 1.69. The van der Waals surface area contributed by atoms with Crippen LogP contribution in [0.1, 0.15) is 43.5 Å². The highest BCUT2D eigenvalue weighted by Crippen LogP contribution is 2.50. The molecule has 4 nitrogen and oxygen atoms in total. The number of imidazole rings is 2. The Kier molecular flexibility index (Phi) is 2.67. The Morgan fingerprint density at radius 2 is 1.78 bits per heavy atom. The quantitative estimate of drug-likeness (QED) is 0.682. The Bertz CT molecular complexity index is 852. The van der Waals surface area contributed by atoms with Gasteiger partial charge in [-0.2, -0.15) is 0 Å². The van der Waals surface area contributed by atoms with Crippen molar-refractivity contribution < 1.29 is 0 Å². The average Bonchev–Trinajstić information content (AvgIpc) is 3.22. The summed E-state index contributed by atoms with van der Waals surface area (Å²) < 4.78 is 4.41. The van der Waals surface area contributed by atoms with Gasteiger partial charge in [-0.3, -0.25) is 4.40 Å². The summed E-state index contributed by atoms with van der Waals surface area (Å²) in [6.45, 7) is 0.963. The Labute approximate surface area is 136 Å². The first kappa shape index (κ1) is 13.2. The standard InChI is InChI=1S/C19H22N4/c1-21-12-13-22-16-14-23(15-8-4-2-5-9-15)19(10-6-3-7-11-19)17(16)20-18(21)22/h2,4-5,8-9,12-13H,3,6-7,10-11,14H2,1H3. The summed E-state index contributed by atoms with van der Waals surface area (Å²) in [4.78, 5) is 7.70. The molecule has 0 bridgehead atoms. The van der Waals surface area contributed by atoms with Gasteiger partial charge in [-0.1, -0.05) is 37.5 Å². The molecule has 2 aliphatic rings. The summed E-state index contributed by atoms with van der Waals surface area (Å²) in [5.41, 5.74) is 4.14. The van der Waals surface area contributed by atoms with Gasteiger partial charge in [0.05, 0.1) is 23.5 Å². The maximum atomic E-state index is 5.09. The highest BCUT2D eigenvalue weighted by atomic mass is 15.3. The van der Waals surface area contributed by atoms with Gasteiger partial charge in [0.2, 0.25) is 5.78 Å². The lowest BCUT2D eigenvalue weighted by molar-refractivity contribution is 0.288. The largest absolute Gasteiger partial charge is 0.354 e. The number of rotatable bonds is 1. The summed E-state index contributed by atoms with van der Waals surface area (Å²) in [6.07, 6.45) is 10.7. The van der Waals surface area contributed by atoms with Crippen LogP contribution >= 0.6 is 0 Å². The van der Waals surface area contributed by atoms with Crippen LogP contribution in [0.15, 0.2) is 42.7 Å². The molecule has 1 saturated carbocycles. The van der Waals surface area contributed by atoms with Gasteiger partial charge in [0, 0.05) is 25.1 Å². The molecule has 0 N–H and O–H groups in total. The highest BCUT2D eigenvalue weighted by Gasteiger charge is 2.49. The fraction of sp³-hybridized carbons (Fsp3) is 0.421. The van der Waals surface area contributed by atoms with Gasteiger partial charge in [-0.05, 0) is 25.0 Å². The van der Waals surface area contributed by atoms with Crippen molar-refractivity contribution in [1.82, 2.24) is 14.0 Å². The van der Waals surface area contributed by atoms with Crippen LogP contribution in [0.2, 0.25) is 0 Å². The molecule has 1 aromatic carbocycles. The number of nitrogens with zero attached hydrogens (tertiary/aromatic N) is 4. The molecule has 1 aliphatic carbocycles. The van der Waals surface area contributed by atoms with Crippen LogP contribution < -0.4 is 4.90 Å². The molecule has 0 radical (unpaired) electrons. The molecule has 5 rings (SSSR count). The lowest BCUT2D eigenvalue weighted by atomic mass is 9.79. The monoisotopic (exact) mass is 306 g/mol. The normalized spacial score (nSPS) is 19.6. The molecule has 2 aromatic heterocycles. The predicted molar refractivity (Wildman–Crippen MR) is 91.6 cm³/mol.